The minimum absolute atomic E-state index is 0.107. The molecule has 2 aromatic rings. The quantitative estimate of drug-likeness (QED) is 0.756. The monoisotopic (exact) mass is 427 g/mol. The standard InChI is InChI=1S/C20H18F5N3O2/c1-11(27(2)9-12-3-5-14(21)15(22)7-12)19(30)28-10-18(29)26-16-8-13(20(23,24)25)4-6-17(16)28/h3-8,11H,9-10H2,1-2H3,(H,26,29)/t11-/m0/s1. The molecule has 2 aromatic carbocycles. The van der Waals surface area contributed by atoms with Crippen molar-refractivity contribution in [1.29, 1.82) is 0 Å². The summed E-state index contributed by atoms with van der Waals surface area (Å²) in [5.41, 5.74) is -0.465. The van der Waals surface area contributed by atoms with Crippen molar-refractivity contribution in [1.82, 2.24) is 4.90 Å². The summed E-state index contributed by atoms with van der Waals surface area (Å²) in [5.74, 6) is -3.14. The number of carbonyl (C=O) groups is 2. The van der Waals surface area contributed by atoms with Gasteiger partial charge in [-0.1, -0.05) is 6.07 Å². The van der Waals surface area contributed by atoms with Crippen LogP contribution in [0.5, 0.6) is 0 Å². The Morgan fingerprint density at radius 1 is 1.17 bits per heavy atom. The van der Waals surface area contributed by atoms with Crippen LogP contribution in [0, 0.1) is 11.6 Å². The Bertz CT molecular complexity index is 993. The molecule has 3 rings (SSSR count). The fourth-order valence-electron chi connectivity index (χ4n) is 3.14. The third-order valence-corrected chi connectivity index (χ3v) is 4.89. The van der Waals surface area contributed by atoms with Crippen molar-refractivity contribution in [3.8, 4) is 0 Å². The Morgan fingerprint density at radius 3 is 2.50 bits per heavy atom. The van der Waals surface area contributed by atoms with Crippen LogP contribution in [0.3, 0.4) is 0 Å². The number of carbonyl (C=O) groups excluding carboxylic acids is 2. The van der Waals surface area contributed by atoms with Gasteiger partial charge in [-0.15, -0.1) is 0 Å². The summed E-state index contributed by atoms with van der Waals surface area (Å²) in [4.78, 5) is 27.6. The van der Waals surface area contributed by atoms with Gasteiger partial charge in [0.15, 0.2) is 11.6 Å². The Morgan fingerprint density at radius 2 is 1.87 bits per heavy atom. The minimum atomic E-state index is -4.59. The topological polar surface area (TPSA) is 52.7 Å². The molecular weight excluding hydrogens is 409 g/mol. The van der Waals surface area contributed by atoms with Crippen LogP contribution in [-0.2, 0) is 22.3 Å². The molecule has 160 valence electrons. The smallest absolute Gasteiger partial charge is 0.323 e. The molecule has 0 saturated heterocycles. The van der Waals surface area contributed by atoms with Gasteiger partial charge in [-0.25, -0.2) is 8.78 Å². The number of nitrogens with one attached hydrogen (secondary N) is 1. The van der Waals surface area contributed by atoms with Crippen LogP contribution in [0.25, 0.3) is 0 Å². The second kappa shape index (κ2) is 8.02. The largest absolute Gasteiger partial charge is 0.416 e. The van der Waals surface area contributed by atoms with Gasteiger partial charge < -0.3 is 5.32 Å². The SMILES string of the molecule is C[C@@H](C(=O)N1CC(=O)Nc2cc(C(F)(F)F)ccc21)N(C)Cc1ccc(F)c(F)c1. The molecule has 0 unspecified atom stereocenters. The normalized spacial score (nSPS) is 15.1. The lowest BCUT2D eigenvalue weighted by Gasteiger charge is -2.34. The van der Waals surface area contributed by atoms with E-state index in [4.69, 9.17) is 0 Å². The van der Waals surface area contributed by atoms with Crippen LogP contribution in [0.2, 0.25) is 0 Å². The number of halogens is 5. The minimum Gasteiger partial charge on any atom is -0.323 e. The molecule has 0 saturated carbocycles. The number of hydrogen-bond acceptors (Lipinski definition) is 3. The maximum absolute atomic E-state index is 13.4. The number of hydrogen-bond donors (Lipinski definition) is 1. The molecule has 0 aliphatic carbocycles. The summed E-state index contributed by atoms with van der Waals surface area (Å²) < 4.78 is 65.4. The summed E-state index contributed by atoms with van der Waals surface area (Å²) in [5, 5.41) is 2.35. The number of fused-ring (bicyclic) bond motifs is 1. The van der Waals surface area contributed by atoms with Gasteiger partial charge >= 0.3 is 6.18 Å². The number of amides is 2. The molecule has 30 heavy (non-hydrogen) atoms. The molecule has 5 nitrogen and oxygen atoms in total. The first-order chi connectivity index (χ1) is 14.0. The highest BCUT2D eigenvalue weighted by Crippen LogP contribution is 2.37. The molecule has 1 aliphatic rings. The van der Waals surface area contributed by atoms with E-state index < -0.39 is 41.2 Å². The second-order valence-corrected chi connectivity index (χ2v) is 7.04. The molecule has 0 aromatic heterocycles. The Hall–Kier alpha value is -3.01. The lowest BCUT2D eigenvalue weighted by molar-refractivity contribution is -0.137. The van der Waals surface area contributed by atoms with Gasteiger partial charge in [0.1, 0.15) is 6.54 Å². The predicted octanol–water partition coefficient (Wildman–Crippen LogP) is 3.79. The number of benzene rings is 2. The van der Waals surface area contributed by atoms with Crippen LogP contribution >= 0.6 is 0 Å². The lowest BCUT2D eigenvalue weighted by Crippen LogP contribution is -2.50. The maximum Gasteiger partial charge on any atom is 0.416 e. The van der Waals surface area contributed by atoms with E-state index in [1.165, 1.54) is 6.07 Å². The van der Waals surface area contributed by atoms with Crippen LogP contribution in [0.1, 0.15) is 18.1 Å². The number of nitrogens with zero attached hydrogens (tertiary/aromatic N) is 2. The number of rotatable bonds is 4. The molecule has 1 heterocycles. The van der Waals surface area contributed by atoms with Crippen molar-refractivity contribution in [2.45, 2.75) is 25.7 Å². The maximum atomic E-state index is 13.4. The first kappa shape index (κ1) is 21.7. The molecule has 1 atom stereocenters. The van der Waals surface area contributed by atoms with Crippen molar-refractivity contribution < 1.29 is 31.5 Å². The molecule has 2 amide bonds. The number of likely N-dealkylation sites (N-methyl/N-ethyl adjacent to an activating group) is 1. The Balaban J connectivity index is 1.82. The molecule has 0 bridgehead atoms. The summed E-state index contributed by atoms with van der Waals surface area (Å²) in [7, 11) is 1.58. The second-order valence-electron chi connectivity index (χ2n) is 7.04. The van der Waals surface area contributed by atoms with Gasteiger partial charge in [-0.2, -0.15) is 13.2 Å². The fraction of sp³-hybridized carbons (Fsp3) is 0.300. The first-order valence-corrected chi connectivity index (χ1v) is 8.94. The molecule has 10 heteroatoms. The van der Waals surface area contributed by atoms with Crippen molar-refractivity contribution in [3.05, 3.63) is 59.2 Å². The van der Waals surface area contributed by atoms with E-state index in [0.717, 1.165) is 35.2 Å². The van der Waals surface area contributed by atoms with Gasteiger partial charge in [0.2, 0.25) is 11.8 Å². The third-order valence-electron chi connectivity index (χ3n) is 4.89. The summed E-state index contributed by atoms with van der Waals surface area (Å²) in [6, 6.07) is 5.35. The van der Waals surface area contributed by atoms with Crippen LogP contribution in [0.15, 0.2) is 36.4 Å². The highest BCUT2D eigenvalue weighted by atomic mass is 19.4. The lowest BCUT2D eigenvalue weighted by atomic mass is 10.1. The van der Waals surface area contributed by atoms with Crippen molar-refractivity contribution >= 4 is 23.2 Å². The fourth-order valence-corrected chi connectivity index (χ4v) is 3.14. The molecule has 0 spiro atoms. The molecule has 1 aliphatic heterocycles. The van der Waals surface area contributed by atoms with Crippen molar-refractivity contribution in [3.63, 3.8) is 0 Å². The summed E-state index contributed by atoms with van der Waals surface area (Å²) in [6.07, 6.45) is -4.59. The molecule has 0 fully saturated rings. The number of anilines is 2. The van der Waals surface area contributed by atoms with E-state index in [9.17, 15) is 31.5 Å². The zero-order chi connectivity index (χ0) is 22.2. The third kappa shape index (κ3) is 4.43. The van der Waals surface area contributed by atoms with Crippen molar-refractivity contribution in [2.75, 3.05) is 23.8 Å². The van der Waals surface area contributed by atoms with Gasteiger partial charge in [-0.05, 0) is 49.9 Å². The molecule has 0 radical (unpaired) electrons. The zero-order valence-electron chi connectivity index (χ0n) is 16.1. The summed E-state index contributed by atoms with van der Waals surface area (Å²) in [6.45, 7) is 1.32. The predicted molar refractivity (Wildman–Crippen MR) is 99.7 cm³/mol. The number of alkyl halides is 3. The highest BCUT2D eigenvalue weighted by Gasteiger charge is 2.35. The Kier molecular flexibility index (Phi) is 5.80. The van der Waals surface area contributed by atoms with Gasteiger partial charge in [0, 0.05) is 6.54 Å². The van der Waals surface area contributed by atoms with Crippen LogP contribution in [0.4, 0.5) is 33.3 Å². The van der Waals surface area contributed by atoms with E-state index in [1.54, 1.807) is 18.9 Å². The average Bonchev–Trinajstić information content (AvgIpc) is 2.67. The van der Waals surface area contributed by atoms with Crippen LogP contribution in [-0.4, -0.2) is 36.3 Å². The first-order valence-electron chi connectivity index (χ1n) is 8.94. The molecular formula is C20H18F5N3O2. The van der Waals surface area contributed by atoms with E-state index in [-0.39, 0.29) is 24.5 Å². The van der Waals surface area contributed by atoms with Gasteiger partial charge in [-0.3, -0.25) is 19.4 Å². The Labute approximate surface area is 169 Å². The van der Waals surface area contributed by atoms with Gasteiger partial charge in [0.25, 0.3) is 0 Å². The zero-order valence-corrected chi connectivity index (χ0v) is 16.1. The van der Waals surface area contributed by atoms with E-state index >= 15 is 0 Å². The van der Waals surface area contributed by atoms with E-state index in [2.05, 4.69) is 5.32 Å². The van der Waals surface area contributed by atoms with E-state index in [1.807, 2.05) is 0 Å². The molecule has 1 N–H and O–H groups in total. The highest BCUT2D eigenvalue weighted by molar-refractivity contribution is 6.11. The van der Waals surface area contributed by atoms with Crippen molar-refractivity contribution in [2.24, 2.45) is 0 Å². The van der Waals surface area contributed by atoms with Crippen LogP contribution < -0.4 is 10.2 Å². The van der Waals surface area contributed by atoms with Gasteiger partial charge in [0.05, 0.1) is 23.0 Å². The summed E-state index contributed by atoms with van der Waals surface area (Å²) >= 11 is 0. The average molecular weight is 427 g/mol. The van der Waals surface area contributed by atoms with E-state index in [0.29, 0.717) is 5.56 Å².